The van der Waals surface area contributed by atoms with Crippen LogP contribution in [0.25, 0.3) is 0 Å². The minimum absolute atomic E-state index is 0. The second-order valence-corrected chi connectivity index (χ2v) is 7.18. The minimum atomic E-state index is -4.13. The molecule has 0 bridgehead atoms. The van der Waals surface area contributed by atoms with E-state index in [-0.39, 0.29) is 30.0 Å². The topological polar surface area (TPSA) is 42.9 Å². The number of nitrogens with zero attached hydrogens (tertiary/aromatic N) is 3. The summed E-state index contributed by atoms with van der Waals surface area (Å²) in [7, 11) is 5.79. The summed E-state index contributed by atoms with van der Waals surface area (Å²) in [5, 5.41) is 6.54. The molecule has 2 atom stereocenters. The molecule has 9 heteroatoms. The van der Waals surface area contributed by atoms with Gasteiger partial charge in [0.1, 0.15) is 0 Å². The molecule has 1 heterocycles. The van der Waals surface area contributed by atoms with Gasteiger partial charge in [-0.3, -0.25) is 9.89 Å². The number of likely N-dealkylation sites (N-methyl/N-ethyl adjacent to an activating group) is 1. The van der Waals surface area contributed by atoms with Crippen molar-refractivity contribution in [3.63, 3.8) is 0 Å². The summed E-state index contributed by atoms with van der Waals surface area (Å²) in [6, 6.07) is 0.385. The molecule has 2 unspecified atom stereocenters. The third kappa shape index (κ3) is 10.4. The maximum atomic E-state index is 12.4. The smallest absolute Gasteiger partial charge is 0.355 e. The molecule has 1 saturated heterocycles. The van der Waals surface area contributed by atoms with E-state index in [0.29, 0.717) is 37.4 Å². The molecule has 0 aromatic carbocycles. The van der Waals surface area contributed by atoms with Crippen LogP contribution in [-0.4, -0.2) is 81.3 Å². The van der Waals surface area contributed by atoms with Crippen molar-refractivity contribution in [1.29, 1.82) is 0 Å². The van der Waals surface area contributed by atoms with Gasteiger partial charge in [0.15, 0.2) is 5.96 Å². The van der Waals surface area contributed by atoms with Crippen LogP contribution in [0.2, 0.25) is 0 Å². The van der Waals surface area contributed by atoms with Gasteiger partial charge in [-0.15, -0.1) is 24.0 Å². The molecule has 0 radical (unpaired) electrons. The second-order valence-electron chi connectivity index (χ2n) is 7.18. The average molecular weight is 479 g/mol. The van der Waals surface area contributed by atoms with Gasteiger partial charge in [-0.05, 0) is 32.9 Å². The lowest BCUT2D eigenvalue weighted by Crippen LogP contribution is -2.49. The van der Waals surface area contributed by atoms with Crippen LogP contribution in [0, 0.1) is 5.92 Å². The molecule has 1 aliphatic heterocycles. The molecule has 2 N–H and O–H groups in total. The molecule has 0 aromatic heterocycles. The summed E-state index contributed by atoms with van der Waals surface area (Å²) in [5.41, 5.74) is 0. The van der Waals surface area contributed by atoms with E-state index in [1.54, 1.807) is 7.05 Å². The van der Waals surface area contributed by atoms with Crippen molar-refractivity contribution in [3.05, 3.63) is 0 Å². The summed E-state index contributed by atoms with van der Waals surface area (Å²) in [4.78, 5) is 7.82. The Morgan fingerprint density at radius 2 is 1.96 bits per heavy atom. The van der Waals surface area contributed by atoms with Crippen molar-refractivity contribution >= 4 is 29.9 Å². The maximum absolute atomic E-state index is 12.4. The van der Waals surface area contributed by atoms with Gasteiger partial charge in [0.2, 0.25) is 0 Å². The van der Waals surface area contributed by atoms with Crippen LogP contribution in [0.3, 0.4) is 0 Å². The number of aliphatic imine (C=N–C) groups is 1. The Balaban J connectivity index is 0.00000576. The molecule has 0 aliphatic carbocycles. The van der Waals surface area contributed by atoms with E-state index in [4.69, 9.17) is 0 Å². The Bertz CT molecular complexity index is 402. The van der Waals surface area contributed by atoms with Crippen LogP contribution in [0.5, 0.6) is 0 Å². The van der Waals surface area contributed by atoms with Crippen LogP contribution in [-0.2, 0) is 0 Å². The summed E-state index contributed by atoms with van der Waals surface area (Å²) in [5.74, 6) is 1.25. The van der Waals surface area contributed by atoms with E-state index in [1.165, 1.54) is 4.90 Å². The predicted octanol–water partition coefficient (Wildman–Crippen LogP) is 2.38. The Labute approximate surface area is 166 Å². The highest BCUT2D eigenvalue weighted by atomic mass is 127. The normalized spacial score (nSPS) is 20.7. The Hall–Kier alpha value is -0.290. The van der Waals surface area contributed by atoms with Crippen molar-refractivity contribution in [2.24, 2.45) is 10.9 Å². The zero-order chi connectivity index (χ0) is 18.3. The third-order valence-corrected chi connectivity index (χ3v) is 4.22. The first kappa shape index (κ1) is 24.7. The zero-order valence-electron chi connectivity index (χ0n) is 15.9. The van der Waals surface area contributed by atoms with E-state index in [9.17, 15) is 13.2 Å². The highest BCUT2D eigenvalue weighted by molar-refractivity contribution is 14.0. The van der Waals surface area contributed by atoms with E-state index in [1.807, 2.05) is 0 Å². The van der Waals surface area contributed by atoms with Gasteiger partial charge in [-0.25, -0.2) is 0 Å². The number of guanidine groups is 1. The van der Waals surface area contributed by atoms with Gasteiger partial charge in [-0.2, -0.15) is 13.2 Å². The highest BCUT2D eigenvalue weighted by Gasteiger charge is 2.34. The molecular weight excluding hydrogens is 446 g/mol. The lowest BCUT2D eigenvalue weighted by molar-refractivity contribution is -0.143. The molecule has 1 rings (SSSR count). The number of hydrogen-bond donors (Lipinski definition) is 2. The molecule has 0 saturated carbocycles. The summed E-state index contributed by atoms with van der Waals surface area (Å²) in [6.07, 6.45) is -2.37. The first-order valence-corrected chi connectivity index (χ1v) is 8.53. The summed E-state index contributed by atoms with van der Waals surface area (Å²) in [6.45, 7) is 5.15. The van der Waals surface area contributed by atoms with E-state index >= 15 is 0 Å². The van der Waals surface area contributed by atoms with Crippen molar-refractivity contribution in [1.82, 2.24) is 20.4 Å². The average Bonchev–Trinajstić information content (AvgIpc) is 2.86. The molecular formula is C16H33F3IN5. The molecule has 1 fully saturated rings. The van der Waals surface area contributed by atoms with Crippen LogP contribution in [0.1, 0.15) is 26.7 Å². The van der Waals surface area contributed by atoms with Crippen LogP contribution in [0.4, 0.5) is 13.2 Å². The van der Waals surface area contributed by atoms with E-state index in [2.05, 4.69) is 48.5 Å². The molecule has 150 valence electrons. The molecule has 0 amide bonds. The van der Waals surface area contributed by atoms with Gasteiger partial charge >= 0.3 is 6.18 Å². The van der Waals surface area contributed by atoms with Gasteiger partial charge < -0.3 is 15.5 Å². The minimum Gasteiger partial charge on any atom is -0.355 e. The van der Waals surface area contributed by atoms with Gasteiger partial charge in [0.25, 0.3) is 0 Å². The molecule has 5 nitrogen and oxygen atoms in total. The zero-order valence-corrected chi connectivity index (χ0v) is 18.2. The first-order chi connectivity index (χ1) is 11.1. The lowest BCUT2D eigenvalue weighted by Gasteiger charge is -2.27. The van der Waals surface area contributed by atoms with E-state index in [0.717, 1.165) is 13.0 Å². The third-order valence-electron chi connectivity index (χ3n) is 4.22. The quantitative estimate of drug-likeness (QED) is 0.335. The lowest BCUT2D eigenvalue weighted by atomic mass is 10.0. The molecule has 0 aromatic rings. The largest absolute Gasteiger partial charge is 0.401 e. The molecule has 25 heavy (non-hydrogen) atoms. The Morgan fingerprint density at radius 3 is 2.44 bits per heavy atom. The first-order valence-electron chi connectivity index (χ1n) is 8.53. The van der Waals surface area contributed by atoms with Gasteiger partial charge in [-0.1, -0.05) is 13.8 Å². The number of likely N-dealkylation sites (tertiary alicyclic amines) is 1. The number of alkyl halides is 3. The van der Waals surface area contributed by atoms with Crippen LogP contribution < -0.4 is 10.6 Å². The van der Waals surface area contributed by atoms with Crippen molar-refractivity contribution in [3.8, 4) is 0 Å². The Kier molecular flexibility index (Phi) is 11.3. The standard InChI is InChI=1S/C16H32F3N5.HI/c1-12(2)8-14(23(4)5)9-21-15(20-3)22-13-6-7-24(10-13)11-16(17,18)19;/h12-14H,6-11H2,1-5H3,(H2,20,21,22);1H. The number of rotatable bonds is 7. The maximum Gasteiger partial charge on any atom is 0.401 e. The van der Waals surface area contributed by atoms with Gasteiger partial charge in [0.05, 0.1) is 6.54 Å². The van der Waals surface area contributed by atoms with Crippen LogP contribution in [0.15, 0.2) is 4.99 Å². The fourth-order valence-corrected chi connectivity index (χ4v) is 2.97. The monoisotopic (exact) mass is 479 g/mol. The SMILES string of the molecule is CN=C(NCC(CC(C)C)N(C)C)NC1CCN(CC(F)(F)F)C1.I. The highest BCUT2D eigenvalue weighted by Crippen LogP contribution is 2.19. The fraction of sp³-hybridized carbons (Fsp3) is 0.938. The fourth-order valence-electron chi connectivity index (χ4n) is 2.97. The molecule has 0 spiro atoms. The van der Waals surface area contributed by atoms with E-state index < -0.39 is 12.7 Å². The number of hydrogen-bond acceptors (Lipinski definition) is 3. The summed E-state index contributed by atoms with van der Waals surface area (Å²) >= 11 is 0. The van der Waals surface area contributed by atoms with Crippen molar-refractivity contribution < 1.29 is 13.2 Å². The van der Waals surface area contributed by atoms with Crippen molar-refractivity contribution in [2.45, 2.75) is 44.9 Å². The predicted molar refractivity (Wildman–Crippen MR) is 108 cm³/mol. The number of nitrogens with one attached hydrogen (secondary N) is 2. The summed E-state index contributed by atoms with van der Waals surface area (Å²) < 4.78 is 37.3. The second kappa shape index (κ2) is 11.4. The van der Waals surface area contributed by atoms with Gasteiger partial charge in [0, 0.05) is 38.8 Å². The molecule has 1 aliphatic rings. The van der Waals surface area contributed by atoms with Crippen molar-refractivity contribution in [2.75, 3.05) is 47.3 Å². The van der Waals surface area contributed by atoms with Crippen LogP contribution >= 0.6 is 24.0 Å². The number of halogens is 4. The Morgan fingerprint density at radius 1 is 1.32 bits per heavy atom.